The summed E-state index contributed by atoms with van der Waals surface area (Å²) in [6.45, 7) is 5.10. The molecular weight excluding hydrogens is 268 g/mol. The van der Waals surface area contributed by atoms with Crippen LogP contribution in [0.25, 0.3) is 0 Å². The molecule has 0 aromatic heterocycles. The number of benzene rings is 1. The summed E-state index contributed by atoms with van der Waals surface area (Å²) in [4.78, 5) is 2.77. The Balaban J connectivity index is 0.00000147. The lowest BCUT2D eigenvalue weighted by Gasteiger charge is -2.31. The molecule has 0 aliphatic carbocycles. The van der Waals surface area contributed by atoms with Crippen molar-refractivity contribution in [2.24, 2.45) is 5.92 Å². The van der Waals surface area contributed by atoms with Gasteiger partial charge in [-0.2, -0.15) is 0 Å². The summed E-state index contributed by atoms with van der Waals surface area (Å²) < 4.78 is 0. The zero-order chi connectivity index (χ0) is 12.9. The van der Waals surface area contributed by atoms with E-state index in [2.05, 4.69) is 40.5 Å². The molecule has 2 aliphatic rings. The number of nitrogens with one attached hydrogen (secondary N) is 1. The van der Waals surface area contributed by atoms with E-state index in [1.807, 2.05) is 0 Å². The molecule has 3 rings (SSSR count). The average Bonchev–Trinajstić information content (AvgIpc) is 2.88. The van der Waals surface area contributed by atoms with Crippen LogP contribution in [0.2, 0.25) is 0 Å². The van der Waals surface area contributed by atoms with E-state index in [0.717, 1.165) is 12.0 Å². The highest BCUT2D eigenvalue weighted by Gasteiger charge is 2.27. The summed E-state index contributed by atoms with van der Waals surface area (Å²) in [6.07, 6.45) is 6.76. The second-order valence-electron chi connectivity index (χ2n) is 6.17. The minimum absolute atomic E-state index is 0. The van der Waals surface area contributed by atoms with E-state index >= 15 is 0 Å². The van der Waals surface area contributed by atoms with Gasteiger partial charge in [0.1, 0.15) is 0 Å². The van der Waals surface area contributed by atoms with Crippen LogP contribution in [0.1, 0.15) is 31.2 Å². The first-order valence-electron chi connectivity index (χ1n) is 7.90. The summed E-state index contributed by atoms with van der Waals surface area (Å²) in [5.74, 6) is 0.928. The maximum atomic E-state index is 3.47. The van der Waals surface area contributed by atoms with Gasteiger partial charge in [-0.05, 0) is 63.2 Å². The lowest BCUT2D eigenvalue weighted by molar-refractivity contribution is 0.191. The SMILES string of the molecule is Cl.c1ccc(CC2CCCN2CC2CCNCC2)cc1. The molecule has 0 amide bonds. The first-order valence-corrected chi connectivity index (χ1v) is 7.90. The van der Waals surface area contributed by atoms with Crippen LogP contribution in [0, 0.1) is 5.92 Å². The number of rotatable bonds is 4. The molecule has 1 atom stereocenters. The van der Waals surface area contributed by atoms with Gasteiger partial charge in [-0.25, -0.2) is 0 Å². The van der Waals surface area contributed by atoms with Gasteiger partial charge >= 0.3 is 0 Å². The van der Waals surface area contributed by atoms with Crippen LogP contribution in [0.5, 0.6) is 0 Å². The second-order valence-corrected chi connectivity index (χ2v) is 6.17. The Morgan fingerprint density at radius 3 is 2.55 bits per heavy atom. The van der Waals surface area contributed by atoms with Gasteiger partial charge in [0.25, 0.3) is 0 Å². The molecule has 2 aliphatic heterocycles. The van der Waals surface area contributed by atoms with E-state index < -0.39 is 0 Å². The van der Waals surface area contributed by atoms with Crippen molar-refractivity contribution in [2.75, 3.05) is 26.2 Å². The van der Waals surface area contributed by atoms with E-state index in [-0.39, 0.29) is 12.4 Å². The maximum Gasteiger partial charge on any atom is 0.0136 e. The quantitative estimate of drug-likeness (QED) is 0.918. The van der Waals surface area contributed by atoms with Gasteiger partial charge in [-0.15, -0.1) is 12.4 Å². The Hall–Kier alpha value is -0.570. The van der Waals surface area contributed by atoms with Crippen molar-refractivity contribution in [1.82, 2.24) is 10.2 Å². The molecule has 3 heteroatoms. The third-order valence-corrected chi connectivity index (χ3v) is 4.76. The monoisotopic (exact) mass is 294 g/mol. The Kier molecular flexibility index (Phi) is 6.34. The Labute approximate surface area is 129 Å². The molecule has 0 radical (unpaired) electrons. The largest absolute Gasteiger partial charge is 0.317 e. The van der Waals surface area contributed by atoms with Gasteiger partial charge in [0, 0.05) is 12.6 Å². The van der Waals surface area contributed by atoms with Crippen LogP contribution in [0.4, 0.5) is 0 Å². The molecular formula is C17H27ClN2. The third-order valence-electron chi connectivity index (χ3n) is 4.76. The zero-order valence-electron chi connectivity index (χ0n) is 12.3. The van der Waals surface area contributed by atoms with Crippen molar-refractivity contribution < 1.29 is 0 Å². The lowest BCUT2D eigenvalue weighted by Crippen LogP contribution is -2.39. The number of halogens is 1. The molecule has 2 saturated heterocycles. The number of piperidine rings is 1. The fourth-order valence-corrected chi connectivity index (χ4v) is 3.65. The van der Waals surface area contributed by atoms with Crippen molar-refractivity contribution in [3.05, 3.63) is 35.9 Å². The van der Waals surface area contributed by atoms with Crippen LogP contribution in [0.3, 0.4) is 0 Å². The topological polar surface area (TPSA) is 15.3 Å². The number of hydrogen-bond acceptors (Lipinski definition) is 2. The van der Waals surface area contributed by atoms with E-state index in [1.165, 1.54) is 63.8 Å². The van der Waals surface area contributed by atoms with Crippen LogP contribution >= 0.6 is 12.4 Å². The highest BCUT2D eigenvalue weighted by molar-refractivity contribution is 5.85. The van der Waals surface area contributed by atoms with Crippen LogP contribution in [-0.4, -0.2) is 37.1 Å². The van der Waals surface area contributed by atoms with E-state index in [9.17, 15) is 0 Å². The molecule has 2 nitrogen and oxygen atoms in total. The second kappa shape index (κ2) is 8.02. The Bertz CT molecular complexity index is 376. The predicted molar refractivity (Wildman–Crippen MR) is 87.6 cm³/mol. The first-order chi connectivity index (χ1) is 9.42. The Morgan fingerprint density at radius 1 is 1.05 bits per heavy atom. The molecule has 0 saturated carbocycles. The molecule has 1 N–H and O–H groups in total. The van der Waals surface area contributed by atoms with Crippen LogP contribution in [-0.2, 0) is 6.42 Å². The van der Waals surface area contributed by atoms with Gasteiger partial charge in [0.2, 0.25) is 0 Å². The summed E-state index contributed by atoms with van der Waals surface area (Å²) in [6, 6.07) is 11.8. The number of nitrogens with zero attached hydrogens (tertiary/aromatic N) is 1. The van der Waals surface area contributed by atoms with Gasteiger partial charge in [-0.1, -0.05) is 30.3 Å². The van der Waals surface area contributed by atoms with Crippen molar-refractivity contribution >= 4 is 12.4 Å². The predicted octanol–water partition coefficient (Wildman–Crippen LogP) is 3.11. The van der Waals surface area contributed by atoms with E-state index in [1.54, 1.807) is 0 Å². The smallest absolute Gasteiger partial charge is 0.0136 e. The molecule has 2 fully saturated rings. The normalized spacial score (nSPS) is 24.5. The van der Waals surface area contributed by atoms with Crippen LogP contribution < -0.4 is 5.32 Å². The van der Waals surface area contributed by atoms with Gasteiger partial charge < -0.3 is 5.32 Å². The summed E-state index contributed by atoms with van der Waals surface area (Å²) in [5, 5.41) is 3.47. The minimum Gasteiger partial charge on any atom is -0.317 e. The van der Waals surface area contributed by atoms with Gasteiger partial charge in [0.05, 0.1) is 0 Å². The lowest BCUT2D eigenvalue weighted by atomic mass is 9.96. The summed E-state index contributed by atoms with van der Waals surface area (Å²) in [5.41, 5.74) is 1.50. The highest BCUT2D eigenvalue weighted by atomic mass is 35.5. The molecule has 1 aromatic carbocycles. The fourth-order valence-electron chi connectivity index (χ4n) is 3.65. The fraction of sp³-hybridized carbons (Fsp3) is 0.647. The molecule has 0 bridgehead atoms. The zero-order valence-corrected chi connectivity index (χ0v) is 13.1. The molecule has 20 heavy (non-hydrogen) atoms. The summed E-state index contributed by atoms with van der Waals surface area (Å²) in [7, 11) is 0. The van der Waals surface area contributed by atoms with Gasteiger partial charge in [-0.3, -0.25) is 4.90 Å². The average molecular weight is 295 g/mol. The van der Waals surface area contributed by atoms with E-state index in [4.69, 9.17) is 0 Å². The van der Waals surface area contributed by atoms with Gasteiger partial charge in [0.15, 0.2) is 0 Å². The maximum absolute atomic E-state index is 3.47. The van der Waals surface area contributed by atoms with Crippen molar-refractivity contribution in [2.45, 2.75) is 38.1 Å². The summed E-state index contributed by atoms with van der Waals surface area (Å²) >= 11 is 0. The molecule has 1 aromatic rings. The minimum atomic E-state index is 0. The molecule has 112 valence electrons. The highest BCUT2D eigenvalue weighted by Crippen LogP contribution is 2.24. The van der Waals surface area contributed by atoms with Crippen molar-refractivity contribution in [3.8, 4) is 0 Å². The molecule has 0 spiro atoms. The first kappa shape index (κ1) is 15.8. The molecule has 2 heterocycles. The number of likely N-dealkylation sites (tertiary alicyclic amines) is 1. The standard InChI is InChI=1S/C17H26N2.ClH/c1-2-5-15(6-3-1)13-17-7-4-12-19(17)14-16-8-10-18-11-9-16;/h1-3,5-6,16-18H,4,7-14H2;1H. The van der Waals surface area contributed by atoms with Crippen molar-refractivity contribution in [3.63, 3.8) is 0 Å². The Morgan fingerprint density at radius 2 is 1.80 bits per heavy atom. The van der Waals surface area contributed by atoms with E-state index in [0.29, 0.717) is 0 Å². The molecule has 1 unspecified atom stereocenters. The third kappa shape index (κ3) is 4.21. The van der Waals surface area contributed by atoms with Crippen molar-refractivity contribution in [1.29, 1.82) is 0 Å². The number of hydrogen-bond donors (Lipinski definition) is 1. The van der Waals surface area contributed by atoms with Crippen LogP contribution in [0.15, 0.2) is 30.3 Å².